The summed E-state index contributed by atoms with van der Waals surface area (Å²) in [5.41, 5.74) is 0.910. The first-order valence-corrected chi connectivity index (χ1v) is 10.3. The number of nitrogens with zero attached hydrogens (tertiary/aromatic N) is 2. The van der Waals surface area contributed by atoms with Crippen molar-refractivity contribution in [1.82, 2.24) is 9.80 Å². The minimum atomic E-state index is -0.556. The first-order valence-electron chi connectivity index (χ1n) is 9.96. The normalized spacial score (nSPS) is 19.7. The fraction of sp³-hybridized carbons (Fsp3) is 0.619. The zero-order valence-electron chi connectivity index (χ0n) is 16.2. The molecule has 0 bridgehead atoms. The lowest BCUT2D eigenvalue weighted by molar-refractivity contribution is -0.144. The molecule has 0 aromatic heterocycles. The van der Waals surface area contributed by atoms with Crippen molar-refractivity contribution in [3.63, 3.8) is 0 Å². The van der Waals surface area contributed by atoms with Crippen LogP contribution in [-0.2, 0) is 9.59 Å². The van der Waals surface area contributed by atoms with E-state index in [-0.39, 0.29) is 17.7 Å². The lowest BCUT2D eigenvalue weighted by Crippen LogP contribution is -2.48. The molecule has 1 aromatic rings. The van der Waals surface area contributed by atoms with E-state index in [1.807, 2.05) is 22.8 Å². The number of likely N-dealkylation sites (tertiary alicyclic amines) is 2. The number of halogens is 1. The maximum atomic E-state index is 12.7. The van der Waals surface area contributed by atoms with Crippen molar-refractivity contribution in [3.8, 4) is 5.75 Å². The highest BCUT2D eigenvalue weighted by molar-refractivity contribution is 6.30. The molecule has 2 saturated heterocycles. The molecule has 6 heteroatoms. The Morgan fingerprint density at radius 3 is 2.37 bits per heavy atom. The van der Waals surface area contributed by atoms with E-state index in [0.717, 1.165) is 44.3 Å². The van der Waals surface area contributed by atoms with E-state index in [0.29, 0.717) is 23.9 Å². The Morgan fingerprint density at radius 2 is 1.74 bits per heavy atom. The van der Waals surface area contributed by atoms with Gasteiger partial charge in [0.1, 0.15) is 5.75 Å². The highest BCUT2D eigenvalue weighted by atomic mass is 35.5. The molecule has 1 unspecified atom stereocenters. The third-order valence-corrected chi connectivity index (χ3v) is 5.85. The average Bonchev–Trinajstić information content (AvgIpc) is 2.69. The topological polar surface area (TPSA) is 49.9 Å². The molecule has 2 aliphatic heterocycles. The molecular formula is C21H29ClN2O3. The van der Waals surface area contributed by atoms with Gasteiger partial charge in [-0.3, -0.25) is 9.59 Å². The molecule has 0 spiro atoms. The average molecular weight is 393 g/mol. The van der Waals surface area contributed by atoms with Crippen LogP contribution in [0.1, 0.15) is 44.6 Å². The van der Waals surface area contributed by atoms with Gasteiger partial charge in [-0.05, 0) is 69.7 Å². The van der Waals surface area contributed by atoms with Gasteiger partial charge in [0.15, 0.2) is 6.10 Å². The third kappa shape index (κ3) is 4.95. The van der Waals surface area contributed by atoms with E-state index in [1.54, 1.807) is 19.1 Å². The van der Waals surface area contributed by atoms with Crippen molar-refractivity contribution in [2.45, 2.75) is 52.1 Å². The molecule has 2 amide bonds. The first-order chi connectivity index (χ1) is 13.0. The van der Waals surface area contributed by atoms with Gasteiger partial charge in [0, 0.05) is 37.1 Å². The summed E-state index contributed by atoms with van der Waals surface area (Å²) in [6.07, 6.45) is 4.38. The summed E-state index contributed by atoms with van der Waals surface area (Å²) in [6.45, 7) is 6.72. The molecule has 5 nitrogen and oxygen atoms in total. The van der Waals surface area contributed by atoms with E-state index < -0.39 is 6.10 Å². The zero-order chi connectivity index (χ0) is 19.4. The first kappa shape index (κ1) is 20.0. The molecule has 3 rings (SSSR count). The fourth-order valence-electron chi connectivity index (χ4n) is 3.96. The molecule has 0 aliphatic carbocycles. The molecule has 0 radical (unpaired) electrons. The lowest BCUT2D eigenvalue weighted by Gasteiger charge is -2.36. The van der Waals surface area contributed by atoms with Crippen molar-refractivity contribution in [2.24, 2.45) is 5.92 Å². The number of carbonyl (C=O) groups excluding carboxylic acids is 2. The second-order valence-corrected chi connectivity index (χ2v) is 8.09. The van der Waals surface area contributed by atoms with Crippen LogP contribution < -0.4 is 4.74 Å². The minimum Gasteiger partial charge on any atom is -0.481 e. The molecule has 0 N–H and O–H groups in total. The van der Waals surface area contributed by atoms with Crippen molar-refractivity contribution in [2.75, 3.05) is 26.2 Å². The van der Waals surface area contributed by atoms with Crippen LogP contribution in [0.4, 0.5) is 0 Å². The minimum absolute atomic E-state index is 0.0202. The van der Waals surface area contributed by atoms with Crippen molar-refractivity contribution >= 4 is 23.4 Å². The number of rotatable bonds is 4. The lowest BCUT2D eigenvalue weighted by atomic mass is 9.94. The van der Waals surface area contributed by atoms with Crippen LogP contribution in [0.5, 0.6) is 5.75 Å². The summed E-state index contributed by atoms with van der Waals surface area (Å²) in [6, 6.07) is 5.38. The van der Waals surface area contributed by atoms with Crippen molar-refractivity contribution in [3.05, 3.63) is 28.8 Å². The number of hydrogen-bond acceptors (Lipinski definition) is 3. The third-order valence-electron chi connectivity index (χ3n) is 5.61. The van der Waals surface area contributed by atoms with Gasteiger partial charge in [-0.1, -0.05) is 11.6 Å². The van der Waals surface area contributed by atoms with E-state index in [2.05, 4.69) is 0 Å². The summed E-state index contributed by atoms with van der Waals surface area (Å²) in [7, 11) is 0. The van der Waals surface area contributed by atoms with Crippen molar-refractivity contribution < 1.29 is 14.3 Å². The van der Waals surface area contributed by atoms with E-state index >= 15 is 0 Å². The number of benzene rings is 1. The summed E-state index contributed by atoms with van der Waals surface area (Å²) >= 11 is 5.97. The Balaban J connectivity index is 1.50. The van der Waals surface area contributed by atoms with Gasteiger partial charge in [0.25, 0.3) is 5.91 Å². The maximum Gasteiger partial charge on any atom is 0.263 e. The van der Waals surface area contributed by atoms with E-state index in [9.17, 15) is 9.59 Å². The van der Waals surface area contributed by atoms with Crippen LogP contribution in [0, 0.1) is 12.8 Å². The fourth-order valence-corrected chi connectivity index (χ4v) is 4.19. The Bertz CT molecular complexity index is 680. The van der Waals surface area contributed by atoms with Gasteiger partial charge >= 0.3 is 0 Å². The number of ether oxygens (including phenoxy) is 1. The van der Waals surface area contributed by atoms with Crippen LogP contribution in [0.25, 0.3) is 0 Å². The summed E-state index contributed by atoms with van der Waals surface area (Å²) in [5.74, 6) is 0.994. The standard InChI is InChI=1S/C21H29ClN2O3/c1-15-14-18(22)6-7-19(15)27-16(2)20(25)24-12-8-17(9-13-24)21(26)23-10-4-3-5-11-23/h6-7,14,16-17H,3-5,8-13H2,1-2H3. The molecule has 27 heavy (non-hydrogen) atoms. The van der Waals surface area contributed by atoms with E-state index in [4.69, 9.17) is 16.3 Å². The predicted molar refractivity (Wildman–Crippen MR) is 106 cm³/mol. The number of piperidine rings is 2. The Labute approximate surface area is 166 Å². The van der Waals surface area contributed by atoms with Crippen LogP contribution in [0.15, 0.2) is 18.2 Å². The van der Waals surface area contributed by atoms with Gasteiger partial charge in [0.2, 0.25) is 5.91 Å². The van der Waals surface area contributed by atoms with Gasteiger partial charge in [-0.25, -0.2) is 0 Å². The monoisotopic (exact) mass is 392 g/mol. The smallest absolute Gasteiger partial charge is 0.263 e. The number of hydrogen-bond donors (Lipinski definition) is 0. The van der Waals surface area contributed by atoms with Crippen LogP contribution in [0.3, 0.4) is 0 Å². The molecule has 148 valence electrons. The van der Waals surface area contributed by atoms with E-state index in [1.165, 1.54) is 6.42 Å². The largest absolute Gasteiger partial charge is 0.481 e. The number of amides is 2. The second kappa shape index (κ2) is 8.96. The molecule has 2 aliphatic rings. The SMILES string of the molecule is Cc1cc(Cl)ccc1OC(C)C(=O)N1CCC(C(=O)N2CCCCC2)CC1. The highest BCUT2D eigenvalue weighted by Crippen LogP contribution is 2.25. The molecule has 1 aromatic carbocycles. The van der Waals surface area contributed by atoms with Gasteiger partial charge < -0.3 is 14.5 Å². The Morgan fingerprint density at radius 1 is 1.07 bits per heavy atom. The van der Waals surface area contributed by atoms with Crippen LogP contribution in [0.2, 0.25) is 5.02 Å². The second-order valence-electron chi connectivity index (χ2n) is 7.66. The summed E-state index contributed by atoms with van der Waals surface area (Å²) < 4.78 is 5.86. The van der Waals surface area contributed by atoms with Gasteiger partial charge in [-0.2, -0.15) is 0 Å². The number of carbonyl (C=O) groups is 2. The van der Waals surface area contributed by atoms with Gasteiger partial charge in [0.05, 0.1) is 0 Å². The van der Waals surface area contributed by atoms with Crippen molar-refractivity contribution in [1.29, 1.82) is 0 Å². The summed E-state index contributed by atoms with van der Waals surface area (Å²) in [4.78, 5) is 29.2. The molecule has 0 saturated carbocycles. The Kier molecular flexibility index (Phi) is 6.64. The number of aryl methyl sites for hydroxylation is 1. The summed E-state index contributed by atoms with van der Waals surface area (Å²) in [5, 5.41) is 0.652. The molecular weight excluding hydrogens is 364 g/mol. The quantitative estimate of drug-likeness (QED) is 0.785. The van der Waals surface area contributed by atoms with Gasteiger partial charge in [-0.15, -0.1) is 0 Å². The molecule has 2 heterocycles. The molecule has 2 fully saturated rings. The van der Waals surface area contributed by atoms with Crippen LogP contribution >= 0.6 is 11.6 Å². The highest BCUT2D eigenvalue weighted by Gasteiger charge is 2.32. The molecule has 1 atom stereocenters. The zero-order valence-corrected chi connectivity index (χ0v) is 17.0. The predicted octanol–water partition coefficient (Wildman–Crippen LogP) is 3.67. The maximum absolute atomic E-state index is 12.7. The van der Waals surface area contributed by atoms with Crippen LogP contribution in [-0.4, -0.2) is 53.9 Å². The Hall–Kier alpha value is -1.75.